The monoisotopic (exact) mass is 301 g/mol. The number of carboxylic acid groups (broad SMARTS) is 1. The number of halogens is 1. The number of rotatable bonds is 3. The highest BCUT2D eigenvalue weighted by Gasteiger charge is 2.20. The number of aryl methyl sites for hydroxylation is 1. The Morgan fingerprint density at radius 1 is 1.33 bits per heavy atom. The summed E-state index contributed by atoms with van der Waals surface area (Å²) >= 11 is 6.25. The first kappa shape index (κ1) is 13.6. The fraction of sp³-hybridized carbons (Fsp3) is 0.133. The fourth-order valence-electron chi connectivity index (χ4n) is 2.26. The molecule has 0 radical (unpaired) electrons. The van der Waals surface area contributed by atoms with Gasteiger partial charge in [0.15, 0.2) is 5.65 Å². The number of carbonyl (C=O) groups is 1. The predicted octanol–water partition coefficient (Wildman–Crippen LogP) is 3.33. The van der Waals surface area contributed by atoms with Gasteiger partial charge in [-0.15, -0.1) is 0 Å². The third-order valence-corrected chi connectivity index (χ3v) is 3.66. The van der Waals surface area contributed by atoms with Crippen LogP contribution in [0.3, 0.4) is 0 Å². The molecule has 21 heavy (non-hydrogen) atoms. The molecule has 1 N–H and O–H groups in total. The number of para-hydroxylation sites is 1. The van der Waals surface area contributed by atoms with Crippen molar-refractivity contribution in [3.8, 4) is 5.69 Å². The first-order valence-corrected chi connectivity index (χ1v) is 6.86. The highest BCUT2D eigenvalue weighted by molar-refractivity contribution is 6.38. The Balaban J connectivity index is 2.35. The number of aromatic nitrogens is 3. The molecule has 106 valence electrons. The Morgan fingerprint density at radius 2 is 2.05 bits per heavy atom. The summed E-state index contributed by atoms with van der Waals surface area (Å²) in [6, 6.07) is 9.54. The van der Waals surface area contributed by atoms with E-state index in [1.807, 2.05) is 37.3 Å². The molecule has 1 aromatic carbocycles. The SMILES string of the molecule is CCc1nn(-c2ccccc2)c2ncc(C(=O)O)c(Cl)c12. The number of pyridine rings is 1. The van der Waals surface area contributed by atoms with Crippen molar-refractivity contribution >= 4 is 28.6 Å². The zero-order valence-electron chi connectivity index (χ0n) is 11.2. The van der Waals surface area contributed by atoms with Crippen LogP contribution >= 0.6 is 11.6 Å². The highest BCUT2D eigenvalue weighted by Crippen LogP contribution is 2.30. The lowest BCUT2D eigenvalue weighted by molar-refractivity contribution is 0.0697. The van der Waals surface area contributed by atoms with Gasteiger partial charge in [-0.3, -0.25) is 0 Å². The van der Waals surface area contributed by atoms with Gasteiger partial charge in [-0.2, -0.15) is 5.10 Å². The third kappa shape index (κ3) is 2.15. The van der Waals surface area contributed by atoms with Gasteiger partial charge in [-0.05, 0) is 18.6 Å². The smallest absolute Gasteiger partial charge is 0.338 e. The molecule has 0 atom stereocenters. The van der Waals surface area contributed by atoms with Crippen LogP contribution in [0.5, 0.6) is 0 Å². The van der Waals surface area contributed by atoms with E-state index in [-0.39, 0.29) is 10.6 Å². The molecule has 3 rings (SSSR count). The molecule has 0 aliphatic carbocycles. The molecule has 0 saturated heterocycles. The van der Waals surface area contributed by atoms with Crippen LogP contribution in [0.15, 0.2) is 36.5 Å². The topological polar surface area (TPSA) is 68.0 Å². The highest BCUT2D eigenvalue weighted by atomic mass is 35.5. The number of hydrogen-bond acceptors (Lipinski definition) is 3. The number of carboxylic acids is 1. The summed E-state index contributed by atoms with van der Waals surface area (Å²) in [5.41, 5.74) is 2.14. The number of nitrogens with zero attached hydrogens (tertiary/aromatic N) is 3. The summed E-state index contributed by atoms with van der Waals surface area (Å²) in [5, 5.41) is 14.5. The van der Waals surface area contributed by atoms with E-state index in [1.165, 1.54) is 6.20 Å². The Labute approximate surface area is 125 Å². The Morgan fingerprint density at radius 3 is 2.67 bits per heavy atom. The van der Waals surface area contributed by atoms with Gasteiger partial charge in [0.2, 0.25) is 0 Å². The van der Waals surface area contributed by atoms with Gasteiger partial charge < -0.3 is 5.11 Å². The van der Waals surface area contributed by atoms with Crippen LogP contribution in [0.2, 0.25) is 5.02 Å². The minimum absolute atomic E-state index is 0.00789. The van der Waals surface area contributed by atoms with E-state index in [9.17, 15) is 4.79 Å². The van der Waals surface area contributed by atoms with Gasteiger partial charge >= 0.3 is 5.97 Å². The minimum Gasteiger partial charge on any atom is -0.478 e. The lowest BCUT2D eigenvalue weighted by atomic mass is 10.1. The van der Waals surface area contributed by atoms with Crippen LogP contribution < -0.4 is 0 Å². The zero-order chi connectivity index (χ0) is 15.0. The number of aromatic carboxylic acids is 1. The average molecular weight is 302 g/mol. The largest absolute Gasteiger partial charge is 0.478 e. The number of hydrogen-bond donors (Lipinski definition) is 1. The molecule has 0 aliphatic rings. The van der Waals surface area contributed by atoms with Crippen molar-refractivity contribution in [2.45, 2.75) is 13.3 Å². The van der Waals surface area contributed by atoms with Crippen LogP contribution in [0.4, 0.5) is 0 Å². The van der Waals surface area contributed by atoms with E-state index in [1.54, 1.807) is 4.68 Å². The fourth-order valence-corrected chi connectivity index (χ4v) is 2.58. The van der Waals surface area contributed by atoms with Crippen molar-refractivity contribution in [2.75, 3.05) is 0 Å². The molecule has 3 aromatic rings. The molecule has 0 unspecified atom stereocenters. The van der Waals surface area contributed by atoms with Gasteiger partial charge in [0.1, 0.15) is 0 Å². The second kappa shape index (κ2) is 5.18. The molecular weight excluding hydrogens is 290 g/mol. The van der Waals surface area contributed by atoms with Gasteiger partial charge in [0.05, 0.1) is 27.4 Å². The lowest BCUT2D eigenvalue weighted by Crippen LogP contribution is -2.01. The second-order valence-corrected chi connectivity index (χ2v) is 4.92. The van der Waals surface area contributed by atoms with E-state index < -0.39 is 5.97 Å². The van der Waals surface area contributed by atoms with E-state index in [0.29, 0.717) is 17.5 Å². The molecule has 2 heterocycles. The van der Waals surface area contributed by atoms with Crippen molar-refractivity contribution < 1.29 is 9.90 Å². The van der Waals surface area contributed by atoms with Crippen molar-refractivity contribution in [2.24, 2.45) is 0 Å². The maximum absolute atomic E-state index is 11.2. The standard InChI is InChI=1S/C15H12ClN3O2/c1-2-11-12-13(16)10(15(20)21)8-17-14(12)19(18-11)9-6-4-3-5-7-9/h3-8H,2H2,1H3,(H,20,21). The first-order chi connectivity index (χ1) is 10.1. The first-order valence-electron chi connectivity index (χ1n) is 6.48. The molecule has 6 heteroatoms. The number of benzene rings is 1. The summed E-state index contributed by atoms with van der Waals surface area (Å²) in [6.45, 7) is 1.95. The Kier molecular flexibility index (Phi) is 3.35. The molecule has 0 saturated carbocycles. The molecule has 5 nitrogen and oxygen atoms in total. The van der Waals surface area contributed by atoms with Crippen LogP contribution in [-0.2, 0) is 6.42 Å². The van der Waals surface area contributed by atoms with E-state index in [0.717, 1.165) is 11.4 Å². The Hall–Kier alpha value is -2.40. The van der Waals surface area contributed by atoms with Crippen LogP contribution in [0.1, 0.15) is 23.0 Å². The van der Waals surface area contributed by atoms with E-state index in [2.05, 4.69) is 10.1 Å². The summed E-state index contributed by atoms with van der Waals surface area (Å²) in [7, 11) is 0. The van der Waals surface area contributed by atoms with Gasteiger partial charge in [0, 0.05) is 6.20 Å². The predicted molar refractivity (Wildman–Crippen MR) is 80.2 cm³/mol. The summed E-state index contributed by atoms with van der Waals surface area (Å²) in [4.78, 5) is 15.4. The normalized spacial score (nSPS) is 11.0. The molecule has 0 amide bonds. The molecule has 0 spiro atoms. The zero-order valence-corrected chi connectivity index (χ0v) is 12.0. The van der Waals surface area contributed by atoms with Crippen molar-refractivity contribution in [1.82, 2.24) is 14.8 Å². The van der Waals surface area contributed by atoms with Gasteiger partial charge in [0.25, 0.3) is 0 Å². The maximum Gasteiger partial charge on any atom is 0.338 e. The average Bonchev–Trinajstić information content (AvgIpc) is 2.88. The number of fused-ring (bicyclic) bond motifs is 1. The van der Waals surface area contributed by atoms with Crippen molar-refractivity contribution in [3.63, 3.8) is 0 Å². The van der Waals surface area contributed by atoms with Crippen molar-refractivity contribution in [1.29, 1.82) is 0 Å². The van der Waals surface area contributed by atoms with Crippen LogP contribution in [-0.4, -0.2) is 25.8 Å². The van der Waals surface area contributed by atoms with Crippen molar-refractivity contribution in [3.05, 3.63) is 52.8 Å². The molecule has 0 fully saturated rings. The molecule has 0 aliphatic heterocycles. The summed E-state index contributed by atoms with van der Waals surface area (Å²) < 4.78 is 1.69. The second-order valence-electron chi connectivity index (χ2n) is 4.54. The molecule has 2 aromatic heterocycles. The lowest BCUT2D eigenvalue weighted by Gasteiger charge is -2.03. The van der Waals surface area contributed by atoms with E-state index >= 15 is 0 Å². The minimum atomic E-state index is -1.09. The molecule has 0 bridgehead atoms. The van der Waals surface area contributed by atoms with Gasteiger partial charge in [-0.1, -0.05) is 36.7 Å². The third-order valence-electron chi connectivity index (χ3n) is 3.27. The quantitative estimate of drug-likeness (QED) is 0.805. The molecular formula is C15H12ClN3O2. The van der Waals surface area contributed by atoms with Crippen LogP contribution in [0, 0.1) is 0 Å². The van der Waals surface area contributed by atoms with Crippen LogP contribution in [0.25, 0.3) is 16.7 Å². The maximum atomic E-state index is 11.2. The summed E-state index contributed by atoms with van der Waals surface area (Å²) in [5.74, 6) is -1.09. The Bertz CT molecular complexity index is 828. The summed E-state index contributed by atoms with van der Waals surface area (Å²) in [6.07, 6.45) is 1.91. The van der Waals surface area contributed by atoms with E-state index in [4.69, 9.17) is 16.7 Å². The van der Waals surface area contributed by atoms with Gasteiger partial charge in [-0.25, -0.2) is 14.5 Å².